The van der Waals surface area contributed by atoms with Crippen molar-refractivity contribution >= 4 is 5.91 Å². The van der Waals surface area contributed by atoms with E-state index in [9.17, 15) is 22.4 Å². The van der Waals surface area contributed by atoms with Gasteiger partial charge in [0, 0.05) is 13.0 Å². The number of rotatable bonds is 4. The third-order valence-corrected chi connectivity index (χ3v) is 2.79. The van der Waals surface area contributed by atoms with E-state index in [4.69, 9.17) is 4.42 Å². The smallest absolute Gasteiger partial charge is 0.419 e. The van der Waals surface area contributed by atoms with Crippen molar-refractivity contribution in [3.63, 3.8) is 0 Å². The summed E-state index contributed by atoms with van der Waals surface area (Å²) < 4.78 is 56.4. The molecule has 7 heteroatoms. The molecule has 1 aromatic carbocycles. The molecule has 3 nitrogen and oxygen atoms in total. The van der Waals surface area contributed by atoms with E-state index in [0.29, 0.717) is 18.2 Å². The largest absolute Gasteiger partial charge is 0.469 e. The third kappa shape index (κ3) is 3.62. The highest BCUT2D eigenvalue weighted by Crippen LogP contribution is 2.32. The van der Waals surface area contributed by atoms with Gasteiger partial charge in [0.25, 0.3) is 5.91 Å². The molecule has 1 aromatic heterocycles. The van der Waals surface area contributed by atoms with Crippen LogP contribution in [0.5, 0.6) is 0 Å². The van der Waals surface area contributed by atoms with Crippen LogP contribution in [0.15, 0.2) is 41.0 Å². The van der Waals surface area contributed by atoms with E-state index in [2.05, 4.69) is 5.32 Å². The first-order valence-electron chi connectivity index (χ1n) is 6.06. The van der Waals surface area contributed by atoms with Crippen LogP contribution >= 0.6 is 0 Å². The van der Waals surface area contributed by atoms with Crippen molar-refractivity contribution in [2.45, 2.75) is 12.6 Å². The molecule has 0 aliphatic heterocycles. The highest BCUT2D eigenvalue weighted by molar-refractivity contribution is 5.94. The topological polar surface area (TPSA) is 42.2 Å². The van der Waals surface area contributed by atoms with Gasteiger partial charge in [-0.2, -0.15) is 13.2 Å². The van der Waals surface area contributed by atoms with Crippen LogP contribution in [0.4, 0.5) is 17.6 Å². The first-order valence-corrected chi connectivity index (χ1v) is 6.06. The van der Waals surface area contributed by atoms with Crippen LogP contribution in [0.1, 0.15) is 21.7 Å². The zero-order valence-corrected chi connectivity index (χ0v) is 10.7. The maximum atomic E-state index is 13.7. The molecule has 1 heterocycles. The SMILES string of the molecule is O=C(NCCc1ccco1)c1cccc(C(F)(F)F)c1F. The number of benzene rings is 1. The van der Waals surface area contributed by atoms with Crippen molar-refractivity contribution in [1.29, 1.82) is 0 Å². The Kier molecular flexibility index (Phi) is 4.30. The second-order valence-corrected chi connectivity index (χ2v) is 4.25. The molecule has 1 amide bonds. The Labute approximate surface area is 117 Å². The lowest BCUT2D eigenvalue weighted by molar-refractivity contribution is -0.140. The first kappa shape index (κ1) is 15.1. The summed E-state index contributed by atoms with van der Waals surface area (Å²) in [4.78, 5) is 11.7. The summed E-state index contributed by atoms with van der Waals surface area (Å²) in [5, 5.41) is 2.35. The monoisotopic (exact) mass is 301 g/mol. The molecule has 0 atom stereocenters. The molecule has 2 aromatic rings. The van der Waals surface area contributed by atoms with Crippen LogP contribution in [0.2, 0.25) is 0 Å². The molecular weight excluding hydrogens is 290 g/mol. The molecule has 112 valence electrons. The number of halogens is 4. The fourth-order valence-electron chi connectivity index (χ4n) is 1.78. The van der Waals surface area contributed by atoms with Crippen LogP contribution < -0.4 is 5.32 Å². The number of alkyl halides is 3. The van der Waals surface area contributed by atoms with Gasteiger partial charge in [-0.15, -0.1) is 0 Å². The number of amides is 1. The molecule has 0 bridgehead atoms. The van der Waals surface area contributed by atoms with Gasteiger partial charge in [-0.1, -0.05) is 6.07 Å². The summed E-state index contributed by atoms with van der Waals surface area (Å²) in [7, 11) is 0. The number of hydrogen-bond donors (Lipinski definition) is 1. The van der Waals surface area contributed by atoms with Crippen LogP contribution in [0.3, 0.4) is 0 Å². The highest BCUT2D eigenvalue weighted by atomic mass is 19.4. The summed E-state index contributed by atoms with van der Waals surface area (Å²) in [5.41, 5.74) is -2.09. The molecule has 0 saturated carbocycles. The molecule has 0 radical (unpaired) electrons. The normalized spacial score (nSPS) is 11.4. The summed E-state index contributed by atoms with van der Waals surface area (Å²) in [6.45, 7) is 0.127. The van der Waals surface area contributed by atoms with Crippen molar-refractivity contribution < 1.29 is 26.8 Å². The van der Waals surface area contributed by atoms with E-state index < -0.39 is 29.0 Å². The Bertz CT molecular complexity index is 620. The molecular formula is C14H11F4NO2. The molecule has 2 rings (SSSR count). The average Bonchev–Trinajstić information content (AvgIpc) is 2.90. The zero-order valence-electron chi connectivity index (χ0n) is 10.7. The fraction of sp³-hybridized carbons (Fsp3) is 0.214. The van der Waals surface area contributed by atoms with Gasteiger partial charge in [0.05, 0.1) is 17.4 Å². The second-order valence-electron chi connectivity index (χ2n) is 4.25. The minimum absolute atomic E-state index is 0.127. The predicted molar refractivity (Wildman–Crippen MR) is 66.1 cm³/mol. The Morgan fingerprint density at radius 2 is 1.95 bits per heavy atom. The van der Waals surface area contributed by atoms with Gasteiger partial charge in [0.1, 0.15) is 11.6 Å². The lowest BCUT2D eigenvalue weighted by Crippen LogP contribution is -2.27. The summed E-state index contributed by atoms with van der Waals surface area (Å²) in [6.07, 6.45) is -3.02. The number of furan rings is 1. The number of hydrogen-bond acceptors (Lipinski definition) is 2. The first-order chi connectivity index (χ1) is 9.89. The van der Waals surface area contributed by atoms with Gasteiger partial charge < -0.3 is 9.73 Å². The minimum atomic E-state index is -4.84. The molecule has 0 fully saturated rings. The minimum Gasteiger partial charge on any atom is -0.469 e. The standard InChI is InChI=1S/C14H11F4NO2/c15-12-10(4-1-5-11(12)14(16,17)18)13(20)19-7-6-9-3-2-8-21-9/h1-5,8H,6-7H2,(H,19,20). The molecule has 0 aliphatic carbocycles. The summed E-state index contributed by atoms with van der Waals surface area (Å²) >= 11 is 0. The molecule has 21 heavy (non-hydrogen) atoms. The van der Waals surface area contributed by atoms with E-state index in [1.807, 2.05) is 0 Å². The van der Waals surface area contributed by atoms with Crippen molar-refractivity contribution in [3.05, 3.63) is 59.3 Å². The summed E-state index contributed by atoms with van der Waals surface area (Å²) in [6, 6.07) is 5.95. The maximum absolute atomic E-state index is 13.7. The lowest BCUT2D eigenvalue weighted by atomic mass is 10.1. The van der Waals surface area contributed by atoms with Crippen molar-refractivity contribution in [2.75, 3.05) is 6.54 Å². The number of carbonyl (C=O) groups is 1. The Hall–Kier alpha value is -2.31. The van der Waals surface area contributed by atoms with Gasteiger partial charge in [-0.25, -0.2) is 4.39 Å². The molecule has 0 unspecified atom stereocenters. The Balaban J connectivity index is 2.05. The lowest BCUT2D eigenvalue weighted by Gasteiger charge is -2.11. The van der Waals surface area contributed by atoms with Gasteiger partial charge in [-0.05, 0) is 24.3 Å². The van der Waals surface area contributed by atoms with Crippen LogP contribution in [-0.4, -0.2) is 12.5 Å². The van der Waals surface area contributed by atoms with E-state index in [0.717, 1.165) is 12.1 Å². The highest BCUT2D eigenvalue weighted by Gasteiger charge is 2.35. The predicted octanol–water partition coefficient (Wildman–Crippen LogP) is 3.41. The maximum Gasteiger partial charge on any atom is 0.419 e. The van der Waals surface area contributed by atoms with E-state index in [-0.39, 0.29) is 6.54 Å². The zero-order chi connectivity index (χ0) is 15.5. The van der Waals surface area contributed by atoms with E-state index >= 15 is 0 Å². The fourth-order valence-corrected chi connectivity index (χ4v) is 1.78. The average molecular weight is 301 g/mol. The van der Waals surface area contributed by atoms with Crippen LogP contribution in [0.25, 0.3) is 0 Å². The quantitative estimate of drug-likeness (QED) is 0.879. The van der Waals surface area contributed by atoms with Crippen molar-refractivity contribution in [1.82, 2.24) is 5.32 Å². The van der Waals surface area contributed by atoms with Gasteiger partial charge in [0.2, 0.25) is 0 Å². The Morgan fingerprint density at radius 1 is 1.19 bits per heavy atom. The number of nitrogens with one attached hydrogen (secondary N) is 1. The van der Waals surface area contributed by atoms with Gasteiger partial charge in [-0.3, -0.25) is 4.79 Å². The molecule has 0 aliphatic rings. The van der Waals surface area contributed by atoms with Crippen LogP contribution in [-0.2, 0) is 12.6 Å². The Morgan fingerprint density at radius 3 is 2.57 bits per heavy atom. The molecule has 1 N–H and O–H groups in total. The van der Waals surface area contributed by atoms with Gasteiger partial charge >= 0.3 is 6.18 Å². The van der Waals surface area contributed by atoms with E-state index in [1.165, 1.54) is 6.26 Å². The van der Waals surface area contributed by atoms with Crippen molar-refractivity contribution in [2.24, 2.45) is 0 Å². The number of carbonyl (C=O) groups excluding carboxylic acids is 1. The summed E-state index contributed by atoms with van der Waals surface area (Å²) in [5.74, 6) is -1.86. The second kappa shape index (κ2) is 5.99. The van der Waals surface area contributed by atoms with Crippen LogP contribution in [0, 0.1) is 5.82 Å². The van der Waals surface area contributed by atoms with Crippen molar-refractivity contribution in [3.8, 4) is 0 Å². The van der Waals surface area contributed by atoms with Gasteiger partial charge in [0.15, 0.2) is 0 Å². The molecule has 0 saturated heterocycles. The molecule has 0 spiro atoms. The third-order valence-electron chi connectivity index (χ3n) is 2.79. The van der Waals surface area contributed by atoms with E-state index in [1.54, 1.807) is 12.1 Å².